The zero-order chi connectivity index (χ0) is 21.5. The van der Waals surface area contributed by atoms with E-state index in [9.17, 15) is 9.59 Å². The lowest BCUT2D eigenvalue weighted by atomic mass is 10.1. The summed E-state index contributed by atoms with van der Waals surface area (Å²) in [7, 11) is 5.13. The molecule has 0 radical (unpaired) electrons. The van der Waals surface area contributed by atoms with Crippen molar-refractivity contribution in [2.24, 2.45) is 0 Å². The van der Waals surface area contributed by atoms with E-state index in [1.807, 2.05) is 0 Å². The van der Waals surface area contributed by atoms with Gasteiger partial charge in [0, 0.05) is 46.5 Å². The SMILES string of the molecule is CN(C)C(=O)COc1ccccc1C(=O)N(C)Cc1ccc(N2CCCCC2)cc1. The van der Waals surface area contributed by atoms with Crippen molar-refractivity contribution in [2.45, 2.75) is 25.8 Å². The molecule has 0 atom stereocenters. The Morgan fingerprint density at radius 2 is 1.60 bits per heavy atom. The van der Waals surface area contributed by atoms with Gasteiger partial charge in [0.1, 0.15) is 5.75 Å². The van der Waals surface area contributed by atoms with Gasteiger partial charge in [-0.1, -0.05) is 24.3 Å². The molecular weight excluding hydrogens is 378 g/mol. The van der Waals surface area contributed by atoms with Crippen molar-refractivity contribution in [3.63, 3.8) is 0 Å². The summed E-state index contributed by atoms with van der Waals surface area (Å²) < 4.78 is 5.62. The minimum Gasteiger partial charge on any atom is -0.483 e. The first-order valence-electron chi connectivity index (χ1n) is 10.5. The lowest BCUT2D eigenvalue weighted by Crippen LogP contribution is -2.30. The van der Waals surface area contributed by atoms with E-state index in [4.69, 9.17) is 4.74 Å². The molecule has 2 aromatic rings. The number of nitrogens with zero attached hydrogens (tertiary/aromatic N) is 3. The number of anilines is 1. The van der Waals surface area contributed by atoms with Crippen molar-refractivity contribution >= 4 is 17.5 Å². The van der Waals surface area contributed by atoms with Crippen molar-refractivity contribution in [3.05, 3.63) is 59.7 Å². The number of piperidine rings is 1. The molecular formula is C24H31N3O3. The van der Waals surface area contributed by atoms with Gasteiger partial charge in [-0.05, 0) is 49.1 Å². The number of benzene rings is 2. The highest BCUT2D eigenvalue weighted by molar-refractivity contribution is 5.96. The van der Waals surface area contributed by atoms with Crippen LogP contribution < -0.4 is 9.64 Å². The predicted molar refractivity (Wildman–Crippen MR) is 119 cm³/mol. The number of amides is 2. The normalized spacial score (nSPS) is 13.6. The van der Waals surface area contributed by atoms with Crippen molar-refractivity contribution in [1.82, 2.24) is 9.80 Å². The number of rotatable bonds is 7. The first-order chi connectivity index (χ1) is 14.5. The minimum atomic E-state index is -0.153. The first-order valence-corrected chi connectivity index (χ1v) is 10.5. The number of para-hydroxylation sites is 1. The molecule has 6 nitrogen and oxygen atoms in total. The van der Waals surface area contributed by atoms with E-state index in [-0.39, 0.29) is 18.4 Å². The zero-order valence-corrected chi connectivity index (χ0v) is 18.1. The lowest BCUT2D eigenvalue weighted by Gasteiger charge is -2.29. The molecule has 1 saturated heterocycles. The molecule has 6 heteroatoms. The standard InChI is InChI=1S/C24H31N3O3/c1-25(2)23(28)18-30-22-10-6-5-9-21(22)24(29)26(3)17-19-11-13-20(14-12-19)27-15-7-4-8-16-27/h5-6,9-14H,4,7-8,15-18H2,1-3H3. The van der Waals surface area contributed by atoms with Gasteiger partial charge in [-0.2, -0.15) is 0 Å². The van der Waals surface area contributed by atoms with Crippen molar-refractivity contribution < 1.29 is 14.3 Å². The minimum absolute atomic E-state index is 0.0982. The van der Waals surface area contributed by atoms with Gasteiger partial charge in [-0.3, -0.25) is 9.59 Å². The van der Waals surface area contributed by atoms with Crippen LogP contribution >= 0.6 is 0 Å². The molecule has 0 aromatic heterocycles. The second kappa shape index (κ2) is 10.1. The third-order valence-electron chi connectivity index (χ3n) is 5.39. The molecule has 2 amide bonds. The lowest BCUT2D eigenvalue weighted by molar-refractivity contribution is -0.130. The van der Waals surface area contributed by atoms with Gasteiger partial charge in [0.2, 0.25) is 0 Å². The number of hydrogen-bond acceptors (Lipinski definition) is 4. The Hall–Kier alpha value is -3.02. The van der Waals surface area contributed by atoms with Crippen molar-refractivity contribution in [3.8, 4) is 5.75 Å². The summed E-state index contributed by atoms with van der Waals surface area (Å²) in [6.45, 7) is 2.64. The van der Waals surface area contributed by atoms with Gasteiger partial charge >= 0.3 is 0 Å². The van der Waals surface area contributed by atoms with Crippen molar-refractivity contribution in [1.29, 1.82) is 0 Å². The average molecular weight is 410 g/mol. The number of likely N-dealkylation sites (N-methyl/N-ethyl adjacent to an activating group) is 1. The van der Waals surface area contributed by atoms with Gasteiger partial charge in [0.05, 0.1) is 5.56 Å². The fourth-order valence-electron chi connectivity index (χ4n) is 3.55. The fraction of sp³-hybridized carbons (Fsp3) is 0.417. The molecule has 30 heavy (non-hydrogen) atoms. The molecule has 1 fully saturated rings. The second-order valence-corrected chi connectivity index (χ2v) is 7.95. The van der Waals surface area contributed by atoms with Gasteiger partial charge in [-0.25, -0.2) is 0 Å². The molecule has 1 aliphatic rings. The summed E-state index contributed by atoms with van der Waals surface area (Å²) in [4.78, 5) is 30.4. The van der Waals surface area contributed by atoms with E-state index in [1.54, 1.807) is 50.3 Å². The van der Waals surface area contributed by atoms with Crippen LogP contribution in [0.3, 0.4) is 0 Å². The molecule has 1 aliphatic heterocycles. The van der Waals surface area contributed by atoms with Crippen LogP contribution in [0.25, 0.3) is 0 Å². The molecule has 0 saturated carbocycles. The Balaban J connectivity index is 1.63. The van der Waals surface area contributed by atoms with E-state index in [0.717, 1.165) is 18.7 Å². The zero-order valence-electron chi connectivity index (χ0n) is 18.1. The Morgan fingerprint density at radius 3 is 2.27 bits per heavy atom. The summed E-state index contributed by atoms with van der Waals surface area (Å²) >= 11 is 0. The molecule has 2 aromatic carbocycles. The van der Waals surface area contributed by atoms with Gasteiger partial charge in [0.25, 0.3) is 11.8 Å². The van der Waals surface area contributed by atoms with Crippen LogP contribution in [0.1, 0.15) is 35.2 Å². The fourth-order valence-corrected chi connectivity index (χ4v) is 3.55. The Morgan fingerprint density at radius 1 is 0.933 bits per heavy atom. The first kappa shape index (κ1) is 21.7. The van der Waals surface area contributed by atoms with Crippen molar-refractivity contribution in [2.75, 3.05) is 45.7 Å². The van der Waals surface area contributed by atoms with Crippen LogP contribution in [0.2, 0.25) is 0 Å². The maximum Gasteiger partial charge on any atom is 0.259 e. The third-order valence-corrected chi connectivity index (χ3v) is 5.39. The molecule has 0 N–H and O–H groups in total. The highest BCUT2D eigenvalue weighted by atomic mass is 16.5. The maximum atomic E-state index is 13.0. The van der Waals surface area contributed by atoms with Gasteiger partial charge < -0.3 is 19.4 Å². The van der Waals surface area contributed by atoms with Gasteiger partial charge in [-0.15, -0.1) is 0 Å². The number of carbonyl (C=O) groups is 2. The Kier molecular flexibility index (Phi) is 7.33. The quantitative estimate of drug-likeness (QED) is 0.703. The summed E-state index contributed by atoms with van der Waals surface area (Å²) in [5, 5.41) is 0. The van der Waals surface area contributed by atoms with E-state index >= 15 is 0 Å². The van der Waals surface area contributed by atoms with Crippen LogP contribution in [0.4, 0.5) is 5.69 Å². The smallest absolute Gasteiger partial charge is 0.259 e. The van der Waals surface area contributed by atoms with Crippen LogP contribution in [0, 0.1) is 0 Å². The molecule has 0 aliphatic carbocycles. The Bertz CT molecular complexity index is 858. The van der Waals surface area contributed by atoms with E-state index in [2.05, 4.69) is 29.2 Å². The summed E-state index contributed by atoms with van der Waals surface area (Å²) in [6.07, 6.45) is 3.82. The molecule has 160 valence electrons. The summed E-state index contributed by atoms with van der Waals surface area (Å²) in [5.41, 5.74) is 2.78. The monoisotopic (exact) mass is 409 g/mol. The molecule has 0 spiro atoms. The number of hydrogen-bond donors (Lipinski definition) is 0. The summed E-state index contributed by atoms with van der Waals surface area (Å²) in [6, 6.07) is 15.5. The third kappa shape index (κ3) is 5.53. The molecule has 0 bridgehead atoms. The average Bonchev–Trinajstić information content (AvgIpc) is 2.78. The topological polar surface area (TPSA) is 53.1 Å². The van der Waals surface area contributed by atoms with Crippen LogP contribution in [-0.2, 0) is 11.3 Å². The van der Waals surface area contributed by atoms with Gasteiger partial charge in [0.15, 0.2) is 6.61 Å². The van der Waals surface area contributed by atoms with Crippen LogP contribution in [0.15, 0.2) is 48.5 Å². The highest BCUT2D eigenvalue weighted by Gasteiger charge is 2.18. The maximum absolute atomic E-state index is 13.0. The van der Waals surface area contributed by atoms with E-state index < -0.39 is 0 Å². The highest BCUT2D eigenvalue weighted by Crippen LogP contribution is 2.23. The number of carbonyl (C=O) groups excluding carboxylic acids is 2. The second-order valence-electron chi connectivity index (χ2n) is 7.95. The largest absolute Gasteiger partial charge is 0.483 e. The van der Waals surface area contributed by atoms with Crippen LogP contribution in [-0.4, -0.2) is 62.5 Å². The molecule has 3 rings (SSSR count). The van der Waals surface area contributed by atoms with E-state index in [1.165, 1.54) is 29.8 Å². The van der Waals surface area contributed by atoms with E-state index in [0.29, 0.717) is 17.9 Å². The van der Waals surface area contributed by atoms with Crippen LogP contribution in [0.5, 0.6) is 5.75 Å². The molecule has 1 heterocycles. The molecule has 0 unspecified atom stereocenters. The number of ether oxygens (including phenoxy) is 1. The predicted octanol–water partition coefficient (Wildman–Crippen LogP) is 3.42. The summed E-state index contributed by atoms with van der Waals surface area (Å²) in [5.74, 6) is 0.132. The Labute approximate surface area is 179 Å².